The molecule has 0 amide bonds. The van der Waals surface area contributed by atoms with Gasteiger partial charge in [-0.3, -0.25) is 0 Å². The maximum Gasteiger partial charge on any atom is 0.139 e. The number of allylic oxidation sites excluding steroid dienone is 1. The summed E-state index contributed by atoms with van der Waals surface area (Å²) in [7, 11) is 1.69. The summed E-state index contributed by atoms with van der Waals surface area (Å²) in [6, 6.07) is 0. The van der Waals surface area contributed by atoms with Gasteiger partial charge >= 0.3 is 0 Å². The lowest BCUT2D eigenvalue weighted by molar-refractivity contribution is -0.102. The van der Waals surface area contributed by atoms with Gasteiger partial charge in [0.25, 0.3) is 0 Å². The Morgan fingerprint density at radius 1 is 1.40 bits per heavy atom. The first-order valence-electron chi connectivity index (χ1n) is 5.84. The summed E-state index contributed by atoms with van der Waals surface area (Å²) < 4.78 is 11.1. The van der Waals surface area contributed by atoms with Crippen molar-refractivity contribution in [3.8, 4) is 0 Å². The van der Waals surface area contributed by atoms with Crippen molar-refractivity contribution in [3.05, 3.63) is 11.8 Å². The highest BCUT2D eigenvalue weighted by atomic mass is 16.5. The van der Waals surface area contributed by atoms with E-state index in [9.17, 15) is 5.11 Å². The second kappa shape index (κ2) is 4.54. The largest absolute Gasteiger partial charge is 0.495 e. The summed E-state index contributed by atoms with van der Waals surface area (Å²) in [4.78, 5) is 0. The molecule has 1 fully saturated rings. The molecular weight excluding hydrogens is 192 g/mol. The fourth-order valence-corrected chi connectivity index (χ4v) is 2.59. The van der Waals surface area contributed by atoms with Gasteiger partial charge in [-0.05, 0) is 31.8 Å². The van der Waals surface area contributed by atoms with Crippen LogP contribution in [0.3, 0.4) is 0 Å². The van der Waals surface area contributed by atoms with Crippen molar-refractivity contribution < 1.29 is 14.6 Å². The van der Waals surface area contributed by atoms with Crippen LogP contribution >= 0.6 is 0 Å². The van der Waals surface area contributed by atoms with Gasteiger partial charge in [0.05, 0.1) is 6.61 Å². The van der Waals surface area contributed by atoms with Gasteiger partial charge in [-0.1, -0.05) is 12.8 Å². The van der Waals surface area contributed by atoms with Crippen LogP contribution in [0.25, 0.3) is 0 Å². The minimum Gasteiger partial charge on any atom is -0.495 e. The Kier molecular flexibility index (Phi) is 3.32. The lowest BCUT2D eigenvalue weighted by Gasteiger charge is -2.34. The number of rotatable bonds is 3. The molecule has 1 heterocycles. The zero-order valence-corrected chi connectivity index (χ0v) is 9.37. The zero-order valence-electron chi connectivity index (χ0n) is 9.37. The van der Waals surface area contributed by atoms with Gasteiger partial charge in [-0.2, -0.15) is 0 Å². The number of aliphatic hydroxyl groups is 1. The predicted octanol–water partition coefficient (Wildman–Crippen LogP) is 2.00. The van der Waals surface area contributed by atoms with Crippen molar-refractivity contribution >= 4 is 0 Å². The van der Waals surface area contributed by atoms with Crippen molar-refractivity contribution in [1.82, 2.24) is 0 Å². The zero-order chi connectivity index (χ0) is 10.7. The summed E-state index contributed by atoms with van der Waals surface area (Å²) >= 11 is 0. The molecule has 0 aromatic carbocycles. The van der Waals surface area contributed by atoms with Crippen LogP contribution in [0, 0.1) is 0 Å². The van der Waals surface area contributed by atoms with E-state index in [0.29, 0.717) is 0 Å². The molecule has 0 radical (unpaired) electrons. The van der Waals surface area contributed by atoms with Gasteiger partial charge in [0.1, 0.15) is 17.5 Å². The first kappa shape index (κ1) is 11.0. The summed E-state index contributed by atoms with van der Waals surface area (Å²) in [5.41, 5.74) is -0.386. The van der Waals surface area contributed by atoms with E-state index in [4.69, 9.17) is 9.47 Å². The first-order valence-corrected chi connectivity index (χ1v) is 5.84. The normalized spacial score (nSPS) is 26.9. The Morgan fingerprint density at radius 3 is 2.67 bits per heavy atom. The minimum absolute atomic E-state index is 0.386. The van der Waals surface area contributed by atoms with Gasteiger partial charge < -0.3 is 14.6 Å². The van der Waals surface area contributed by atoms with E-state index in [0.717, 1.165) is 50.9 Å². The van der Waals surface area contributed by atoms with Crippen LogP contribution in [0.1, 0.15) is 38.5 Å². The Labute approximate surface area is 91.1 Å². The molecule has 15 heavy (non-hydrogen) atoms. The van der Waals surface area contributed by atoms with Crippen LogP contribution in [-0.4, -0.2) is 30.5 Å². The summed E-state index contributed by atoms with van der Waals surface area (Å²) in [5, 5.41) is 10.3. The molecular formula is C12H20O3. The third-order valence-electron chi connectivity index (χ3n) is 3.59. The summed E-state index contributed by atoms with van der Waals surface area (Å²) in [6.07, 6.45) is 7.63. The Morgan fingerprint density at radius 2 is 2.13 bits per heavy atom. The van der Waals surface area contributed by atoms with Crippen molar-refractivity contribution in [3.63, 3.8) is 0 Å². The molecule has 3 heteroatoms. The van der Waals surface area contributed by atoms with E-state index in [1.54, 1.807) is 7.11 Å². The van der Waals surface area contributed by atoms with Crippen molar-refractivity contribution in [2.24, 2.45) is 0 Å². The molecule has 0 saturated heterocycles. The van der Waals surface area contributed by atoms with E-state index in [-0.39, 0.29) is 5.60 Å². The first-order chi connectivity index (χ1) is 7.28. The molecule has 0 bridgehead atoms. The molecule has 1 aliphatic heterocycles. The van der Waals surface area contributed by atoms with Gasteiger partial charge in [0, 0.05) is 7.11 Å². The molecule has 1 saturated carbocycles. The van der Waals surface area contributed by atoms with E-state index < -0.39 is 6.10 Å². The monoisotopic (exact) mass is 212 g/mol. The van der Waals surface area contributed by atoms with Gasteiger partial charge in [0.2, 0.25) is 0 Å². The second-order valence-corrected chi connectivity index (χ2v) is 4.48. The van der Waals surface area contributed by atoms with Crippen molar-refractivity contribution in [2.45, 2.75) is 50.2 Å². The molecule has 2 aliphatic rings. The highest BCUT2D eigenvalue weighted by Gasteiger charge is 2.43. The standard InChI is InChI=1S/C12H20O3/c1-14-12(7-3-4-8-12)11(13)10-6-2-5-9-15-10/h6,11,13H,2-5,7-9H2,1H3. The van der Waals surface area contributed by atoms with Crippen LogP contribution in [0.15, 0.2) is 11.8 Å². The average Bonchev–Trinajstić information content (AvgIpc) is 2.79. The maximum atomic E-state index is 10.3. The average molecular weight is 212 g/mol. The third kappa shape index (κ3) is 2.04. The molecule has 2 rings (SSSR count). The van der Waals surface area contributed by atoms with Crippen molar-refractivity contribution in [1.29, 1.82) is 0 Å². The maximum absolute atomic E-state index is 10.3. The lowest BCUT2D eigenvalue weighted by atomic mass is 9.92. The Bertz CT molecular complexity index is 241. The van der Waals surface area contributed by atoms with Crippen LogP contribution < -0.4 is 0 Å². The molecule has 3 nitrogen and oxygen atoms in total. The van der Waals surface area contributed by atoms with Gasteiger partial charge in [-0.15, -0.1) is 0 Å². The molecule has 1 unspecified atom stereocenters. The smallest absolute Gasteiger partial charge is 0.139 e. The van der Waals surface area contributed by atoms with Gasteiger partial charge in [0.15, 0.2) is 0 Å². The fraction of sp³-hybridized carbons (Fsp3) is 0.833. The van der Waals surface area contributed by atoms with E-state index in [1.807, 2.05) is 6.08 Å². The third-order valence-corrected chi connectivity index (χ3v) is 3.59. The number of methoxy groups -OCH3 is 1. The van der Waals surface area contributed by atoms with E-state index >= 15 is 0 Å². The fourth-order valence-electron chi connectivity index (χ4n) is 2.59. The lowest BCUT2D eigenvalue weighted by Crippen LogP contribution is -2.43. The van der Waals surface area contributed by atoms with Crippen LogP contribution in [-0.2, 0) is 9.47 Å². The van der Waals surface area contributed by atoms with E-state index in [1.165, 1.54) is 0 Å². The minimum atomic E-state index is -0.578. The second-order valence-electron chi connectivity index (χ2n) is 4.48. The molecule has 86 valence electrons. The number of hydrogen-bond donors (Lipinski definition) is 1. The SMILES string of the molecule is COC1(C(O)C2=CCCCO2)CCCC1. The summed E-state index contributed by atoms with van der Waals surface area (Å²) in [6.45, 7) is 0.725. The topological polar surface area (TPSA) is 38.7 Å². The quantitative estimate of drug-likeness (QED) is 0.777. The summed E-state index contributed by atoms with van der Waals surface area (Å²) in [5.74, 6) is 0.727. The van der Waals surface area contributed by atoms with Crippen molar-refractivity contribution in [2.75, 3.05) is 13.7 Å². The van der Waals surface area contributed by atoms with Crippen LogP contribution in [0.4, 0.5) is 0 Å². The molecule has 1 N–H and O–H groups in total. The molecule has 1 aliphatic carbocycles. The van der Waals surface area contributed by atoms with E-state index in [2.05, 4.69) is 0 Å². The number of ether oxygens (including phenoxy) is 2. The molecule has 0 spiro atoms. The molecule has 0 aromatic rings. The Hall–Kier alpha value is -0.540. The predicted molar refractivity (Wildman–Crippen MR) is 57.5 cm³/mol. The number of aliphatic hydroxyl groups excluding tert-OH is 1. The molecule has 1 atom stereocenters. The number of hydrogen-bond acceptors (Lipinski definition) is 3. The Balaban J connectivity index is 2.10. The van der Waals surface area contributed by atoms with Gasteiger partial charge in [-0.25, -0.2) is 0 Å². The highest BCUT2D eigenvalue weighted by molar-refractivity contribution is 5.11. The van der Waals surface area contributed by atoms with Crippen LogP contribution in [0.5, 0.6) is 0 Å². The van der Waals surface area contributed by atoms with Crippen LogP contribution in [0.2, 0.25) is 0 Å². The molecule has 0 aromatic heterocycles. The highest BCUT2D eigenvalue weighted by Crippen LogP contribution is 2.38.